The molecule has 0 aliphatic carbocycles. The zero-order valence-electron chi connectivity index (χ0n) is 17.1. The molecule has 30 heavy (non-hydrogen) atoms. The summed E-state index contributed by atoms with van der Waals surface area (Å²) in [5, 5.41) is 10.1. The summed E-state index contributed by atoms with van der Waals surface area (Å²) in [6.45, 7) is 3.74. The predicted octanol–water partition coefficient (Wildman–Crippen LogP) is 4.17. The lowest BCUT2D eigenvalue weighted by molar-refractivity contribution is -0.127. The van der Waals surface area contributed by atoms with E-state index in [-0.39, 0.29) is 5.91 Å². The van der Waals surface area contributed by atoms with Crippen molar-refractivity contribution in [3.8, 4) is 5.75 Å². The van der Waals surface area contributed by atoms with Gasteiger partial charge in [0.1, 0.15) is 18.2 Å². The lowest BCUT2D eigenvalue weighted by Gasteiger charge is -2.17. The molecule has 0 radical (unpaired) electrons. The first-order chi connectivity index (χ1) is 14.6. The van der Waals surface area contributed by atoms with Crippen molar-refractivity contribution in [3.05, 3.63) is 71.0 Å². The van der Waals surface area contributed by atoms with Crippen LogP contribution in [0.1, 0.15) is 18.3 Å². The Kier molecular flexibility index (Phi) is 8.16. The first kappa shape index (κ1) is 22.2. The number of nitrogens with zero attached hydrogens (tertiary/aromatic N) is 4. The molecule has 2 aromatic carbocycles. The zero-order valence-corrected chi connectivity index (χ0v) is 18.7. The molecule has 1 heterocycles. The molecule has 0 saturated heterocycles. The minimum Gasteiger partial charge on any atom is -0.492 e. The summed E-state index contributed by atoms with van der Waals surface area (Å²) < 4.78 is 7.72. The van der Waals surface area contributed by atoms with Gasteiger partial charge in [-0.1, -0.05) is 53.7 Å². The first-order valence-corrected chi connectivity index (χ1v) is 11.1. The first-order valence-electron chi connectivity index (χ1n) is 9.78. The van der Waals surface area contributed by atoms with E-state index in [1.807, 2.05) is 30.3 Å². The molecule has 158 valence electrons. The van der Waals surface area contributed by atoms with Crippen LogP contribution in [0.5, 0.6) is 5.75 Å². The van der Waals surface area contributed by atoms with Crippen LogP contribution >= 0.6 is 23.4 Å². The standard InChI is InChI=1S/C22H25ClN4O2S/c1-3-27-20(15-17-7-5-4-6-8-17)24-25-22(27)30-16-21(28)26(2)13-14-29-19-11-9-18(23)10-12-19/h4-12H,3,13-16H2,1-2H3. The molecule has 0 atom stereocenters. The Bertz CT molecular complexity index is 948. The van der Waals surface area contributed by atoms with Crippen LogP contribution in [0.25, 0.3) is 0 Å². The second kappa shape index (κ2) is 11.0. The molecule has 8 heteroatoms. The maximum absolute atomic E-state index is 12.5. The van der Waals surface area contributed by atoms with Crippen molar-refractivity contribution in [1.82, 2.24) is 19.7 Å². The number of thioether (sulfide) groups is 1. The van der Waals surface area contributed by atoms with E-state index in [1.54, 1.807) is 24.1 Å². The average molecular weight is 445 g/mol. The lowest BCUT2D eigenvalue weighted by Crippen LogP contribution is -2.32. The van der Waals surface area contributed by atoms with Crippen molar-refractivity contribution < 1.29 is 9.53 Å². The number of benzene rings is 2. The third-order valence-corrected chi connectivity index (χ3v) is 5.78. The minimum atomic E-state index is 0.0231. The van der Waals surface area contributed by atoms with Gasteiger partial charge in [-0.2, -0.15) is 0 Å². The average Bonchev–Trinajstić information content (AvgIpc) is 3.15. The summed E-state index contributed by atoms with van der Waals surface area (Å²) in [5.41, 5.74) is 1.19. The zero-order chi connectivity index (χ0) is 21.3. The topological polar surface area (TPSA) is 60.2 Å². The number of aromatic nitrogens is 3. The molecule has 1 amide bonds. The Morgan fingerprint density at radius 3 is 2.57 bits per heavy atom. The lowest BCUT2D eigenvalue weighted by atomic mass is 10.1. The second-order valence-electron chi connectivity index (χ2n) is 6.71. The number of carbonyl (C=O) groups excluding carboxylic acids is 1. The Balaban J connectivity index is 1.48. The van der Waals surface area contributed by atoms with Crippen LogP contribution in [-0.4, -0.2) is 51.5 Å². The molecule has 0 saturated carbocycles. The van der Waals surface area contributed by atoms with E-state index in [1.165, 1.54) is 17.3 Å². The van der Waals surface area contributed by atoms with Crippen molar-refractivity contribution in [2.24, 2.45) is 0 Å². The third kappa shape index (κ3) is 6.24. The van der Waals surface area contributed by atoms with Gasteiger partial charge in [0, 0.05) is 25.0 Å². The number of hydrogen-bond acceptors (Lipinski definition) is 5. The maximum atomic E-state index is 12.5. The second-order valence-corrected chi connectivity index (χ2v) is 8.09. The third-order valence-electron chi connectivity index (χ3n) is 4.57. The van der Waals surface area contributed by atoms with Gasteiger partial charge in [-0.15, -0.1) is 10.2 Å². The minimum absolute atomic E-state index is 0.0231. The van der Waals surface area contributed by atoms with Gasteiger partial charge in [0.2, 0.25) is 5.91 Å². The molecule has 0 fully saturated rings. The van der Waals surface area contributed by atoms with E-state index >= 15 is 0 Å². The Morgan fingerprint density at radius 2 is 1.87 bits per heavy atom. The Hall–Kier alpha value is -2.51. The molecule has 3 rings (SSSR count). The van der Waals surface area contributed by atoms with Crippen LogP contribution in [0.3, 0.4) is 0 Å². The normalized spacial score (nSPS) is 10.8. The van der Waals surface area contributed by atoms with Crippen LogP contribution in [0.15, 0.2) is 59.8 Å². The molecule has 0 aliphatic rings. The van der Waals surface area contributed by atoms with Gasteiger partial charge in [-0.05, 0) is 36.8 Å². The largest absolute Gasteiger partial charge is 0.492 e. The molecule has 1 aromatic heterocycles. The molecule has 3 aromatic rings. The molecule has 0 unspecified atom stereocenters. The SMILES string of the molecule is CCn1c(Cc2ccccc2)nnc1SCC(=O)N(C)CCOc1ccc(Cl)cc1. The van der Waals surface area contributed by atoms with Crippen molar-refractivity contribution in [1.29, 1.82) is 0 Å². The molecule has 0 bridgehead atoms. The summed E-state index contributed by atoms with van der Waals surface area (Å²) in [5.74, 6) is 1.97. The van der Waals surface area contributed by atoms with Gasteiger partial charge >= 0.3 is 0 Å². The van der Waals surface area contributed by atoms with E-state index < -0.39 is 0 Å². The summed E-state index contributed by atoms with van der Waals surface area (Å²) >= 11 is 7.28. The van der Waals surface area contributed by atoms with Gasteiger partial charge in [-0.3, -0.25) is 4.79 Å². The van der Waals surface area contributed by atoms with Crippen LogP contribution in [0.4, 0.5) is 0 Å². The molecular formula is C22H25ClN4O2S. The summed E-state index contributed by atoms with van der Waals surface area (Å²) in [4.78, 5) is 14.1. The molecule has 0 N–H and O–H groups in total. The fraction of sp³-hybridized carbons (Fsp3) is 0.318. The number of likely N-dealkylation sites (N-methyl/N-ethyl adjacent to an activating group) is 1. The van der Waals surface area contributed by atoms with Crippen LogP contribution in [0, 0.1) is 0 Å². The number of ether oxygens (including phenoxy) is 1. The van der Waals surface area contributed by atoms with Crippen molar-refractivity contribution in [3.63, 3.8) is 0 Å². The fourth-order valence-electron chi connectivity index (χ4n) is 2.85. The summed E-state index contributed by atoms with van der Waals surface area (Å²) in [7, 11) is 1.78. The highest BCUT2D eigenvalue weighted by molar-refractivity contribution is 7.99. The number of carbonyl (C=O) groups is 1. The van der Waals surface area contributed by atoms with Gasteiger partial charge < -0.3 is 14.2 Å². The van der Waals surface area contributed by atoms with Crippen LogP contribution in [-0.2, 0) is 17.8 Å². The van der Waals surface area contributed by atoms with Crippen molar-refractivity contribution in [2.75, 3.05) is 26.0 Å². The van der Waals surface area contributed by atoms with Crippen LogP contribution in [0.2, 0.25) is 5.02 Å². The monoisotopic (exact) mass is 444 g/mol. The fourth-order valence-corrected chi connectivity index (χ4v) is 3.93. The van der Waals surface area contributed by atoms with Gasteiger partial charge in [0.25, 0.3) is 0 Å². The van der Waals surface area contributed by atoms with Gasteiger partial charge in [-0.25, -0.2) is 0 Å². The van der Waals surface area contributed by atoms with Crippen LogP contribution < -0.4 is 4.74 Å². The van der Waals surface area contributed by atoms with E-state index in [0.717, 1.165) is 29.7 Å². The molecule has 6 nitrogen and oxygen atoms in total. The quantitative estimate of drug-likeness (QED) is 0.439. The summed E-state index contributed by atoms with van der Waals surface area (Å²) in [6, 6.07) is 17.4. The number of rotatable bonds is 10. The smallest absolute Gasteiger partial charge is 0.232 e. The highest BCUT2D eigenvalue weighted by Crippen LogP contribution is 2.19. The predicted molar refractivity (Wildman–Crippen MR) is 120 cm³/mol. The van der Waals surface area contributed by atoms with E-state index in [2.05, 4.69) is 33.8 Å². The van der Waals surface area contributed by atoms with Gasteiger partial charge in [0.15, 0.2) is 5.16 Å². The van der Waals surface area contributed by atoms with Crippen molar-refractivity contribution in [2.45, 2.75) is 25.0 Å². The number of halogens is 1. The van der Waals surface area contributed by atoms with Gasteiger partial charge in [0.05, 0.1) is 12.3 Å². The molecular weight excluding hydrogens is 420 g/mol. The molecule has 0 aliphatic heterocycles. The Labute approximate surface area is 186 Å². The van der Waals surface area contributed by atoms with E-state index in [4.69, 9.17) is 16.3 Å². The highest BCUT2D eigenvalue weighted by Gasteiger charge is 2.15. The van der Waals surface area contributed by atoms with Crippen molar-refractivity contribution >= 4 is 29.3 Å². The maximum Gasteiger partial charge on any atom is 0.232 e. The molecule has 0 spiro atoms. The van der Waals surface area contributed by atoms with E-state index in [0.29, 0.717) is 23.9 Å². The highest BCUT2D eigenvalue weighted by atomic mass is 35.5. The number of hydrogen-bond donors (Lipinski definition) is 0. The Morgan fingerprint density at radius 1 is 1.13 bits per heavy atom. The summed E-state index contributed by atoms with van der Waals surface area (Å²) in [6.07, 6.45) is 0.720. The number of amides is 1. The van der Waals surface area contributed by atoms with E-state index in [9.17, 15) is 4.79 Å².